The zero-order valence-corrected chi connectivity index (χ0v) is 11.3. The molecule has 4 heteroatoms. The highest BCUT2D eigenvalue weighted by molar-refractivity contribution is 6.18. The summed E-state index contributed by atoms with van der Waals surface area (Å²) in [6.45, 7) is 0.648. The summed E-state index contributed by atoms with van der Waals surface area (Å²) >= 11 is 5.75. The Bertz CT molecular complexity index is 418. The van der Waals surface area contributed by atoms with Gasteiger partial charge in [0, 0.05) is 18.5 Å². The van der Waals surface area contributed by atoms with E-state index in [4.69, 9.17) is 16.3 Å². The van der Waals surface area contributed by atoms with Crippen LogP contribution in [0, 0.1) is 0 Å². The molecule has 1 aliphatic rings. The summed E-state index contributed by atoms with van der Waals surface area (Å²) in [5.41, 5.74) is 0.986. The van der Waals surface area contributed by atoms with Gasteiger partial charge in [0.2, 0.25) is 5.91 Å². The fourth-order valence-corrected chi connectivity index (χ4v) is 2.23. The van der Waals surface area contributed by atoms with Crippen LogP contribution in [0.2, 0.25) is 0 Å². The van der Waals surface area contributed by atoms with Crippen molar-refractivity contribution in [2.45, 2.75) is 25.3 Å². The fourth-order valence-electron chi connectivity index (χ4n) is 2.05. The van der Waals surface area contributed by atoms with E-state index in [1.807, 2.05) is 29.2 Å². The Labute approximate surface area is 113 Å². The van der Waals surface area contributed by atoms with E-state index in [9.17, 15) is 4.79 Å². The quantitative estimate of drug-likeness (QED) is 0.741. The molecule has 1 saturated carbocycles. The molecule has 0 saturated heterocycles. The Kier molecular flexibility index (Phi) is 4.48. The minimum Gasteiger partial charge on any atom is -0.497 e. The van der Waals surface area contributed by atoms with Crippen LogP contribution in [0.1, 0.15) is 18.4 Å². The van der Waals surface area contributed by atoms with Crippen molar-refractivity contribution in [3.05, 3.63) is 29.8 Å². The third-order valence-electron chi connectivity index (χ3n) is 3.12. The van der Waals surface area contributed by atoms with Crippen molar-refractivity contribution in [3.8, 4) is 5.75 Å². The molecule has 1 amide bonds. The molecule has 0 aromatic heterocycles. The van der Waals surface area contributed by atoms with Gasteiger partial charge in [0.1, 0.15) is 5.75 Å². The van der Waals surface area contributed by atoms with Gasteiger partial charge in [0.25, 0.3) is 0 Å². The van der Waals surface area contributed by atoms with Gasteiger partial charge in [-0.05, 0) is 30.5 Å². The second-order valence-corrected chi connectivity index (χ2v) is 4.91. The Balaban J connectivity index is 2.00. The third-order valence-corrected chi connectivity index (χ3v) is 3.29. The Morgan fingerprint density at radius 2 is 2.28 bits per heavy atom. The van der Waals surface area contributed by atoms with Crippen LogP contribution in [0.4, 0.5) is 0 Å². The van der Waals surface area contributed by atoms with Gasteiger partial charge in [-0.15, -0.1) is 11.6 Å². The van der Waals surface area contributed by atoms with Gasteiger partial charge in [-0.25, -0.2) is 0 Å². The summed E-state index contributed by atoms with van der Waals surface area (Å²) in [7, 11) is 1.63. The number of ether oxygens (including phenoxy) is 1. The van der Waals surface area contributed by atoms with Crippen molar-refractivity contribution >= 4 is 17.5 Å². The first-order chi connectivity index (χ1) is 8.74. The van der Waals surface area contributed by atoms with E-state index in [0.717, 1.165) is 24.2 Å². The SMILES string of the molecule is COc1cccc(CC(=O)N(CCCl)C2CC2)c1. The maximum atomic E-state index is 12.2. The average molecular weight is 268 g/mol. The fraction of sp³-hybridized carbons (Fsp3) is 0.500. The Hall–Kier alpha value is -1.22. The second kappa shape index (κ2) is 6.10. The normalized spacial score (nSPS) is 14.3. The molecule has 1 aromatic carbocycles. The van der Waals surface area contributed by atoms with Gasteiger partial charge in [-0.3, -0.25) is 4.79 Å². The molecule has 0 unspecified atom stereocenters. The van der Waals surface area contributed by atoms with E-state index >= 15 is 0 Å². The highest BCUT2D eigenvalue weighted by Gasteiger charge is 2.31. The maximum absolute atomic E-state index is 12.2. The number of benzene rings is 1. The predicted octanol–water partition coefficient (Wildman–Crippen LogP) is 2.47. The van der Waals surface area contributed by atoms with Gasteiger partial charge in [-0.2, -0.15) is 0 Å². The molecule has 0 atom stereocenters. The van der Waals surface area contributed by atoms with Crippen LogP contribution in [-0.4, -0.2) is 36.4 Å². The lowest BCUT2D eigenvalue weighted by Gasteiger charge is -2.21. The van der Waals surface area contributed by atoms with Gasteiger partial charge in [0.05, 0.1) is 13.5 Å². The number of hydrogen-bond donors (Lipinski definition) is 0. The van der Waals surface area contributed by atoms with Crippen LogP contribution < -0.4 is 4.74 Å². The van der Waals surface area contributed by atoms with E-state index in [1.54, 1.807) is 7.11 Å². The van der Waals surface area contributed by atoms with Crippen molar-refractivity contribution < 1.29 is 9.53 Å². The van der Waals surface area contributed by atoms with Crippen LogP contribution in [0.25, 0.3) is 0 Å². The van der Waals surface area contributed by atoms with Crippen LogP contribution >= 0.6 is 11.6 Å². The monoisotopic (exact) mass is 267 g/mol. The molecule has 1 aliphatic carbocycles. The Morgan fingerprint density at radius 1 is 1.50 bits per heavy atom. The van der Waals surface area contributed by atoms with E-state index < -0.39 is 0 Å². The minimum atomic E-state index is 0.159. The lowest BCUT2D eigenvalue weighted by Crippen LogP contribution is -2.35. The number of hydrogen-bond acceptors (Lipinski definition) is 2. The average Bonchev–Trinajstić information content (AvgIpc) is 3.20. The molecular weight excluding hydrogens is 250 g/mol. The standard InChI is InChI=1S/C14H18ClNO2/c1-18-13-4-2-3-11(9-13)10-14(17)16(8-7-15)12-5-6-12/h2-4,9,12H,5-8,10H2,1H3. The Morgan fingerprint density at radius 3 is 2.89 bits per heavy atom. The maximum Gasteiger partial charge on any atom is 0.227 e. The molecule has 0 aliphatic heterocycles. The number of alkyl halides is 1. The van der Waals surface area contributed by atoms with Crippen molar-refractivity contribution in [1.29, 1.82) is 0 Å². The number of methoxy groups -OCH3 is 1. The smallest absolute Gasteiger partial charge is 0.227 e. The lowest BCUT2D eigenvalue weighted by molar-refractivity contribution is -0.130. The van der Waals surface area contributed by atoms with Crippen LogP contribution in [0.15, 0.2) is 24.3 Å². The van der Waals surface area contributed by atoms with Crippen LogP contribution in [0.3, 0.4) is 0 Å². The molecule has 0 bridgehead atoms. The molecule has 18 heavy (non-hydrogen) atoms. The van der Waals surface area contributed by atoms with Gasteiger partial charge < -0.3 is 9.64 Å². The van der Waals surface area contributed by atoms with Crippen molar-refractivity contribution in [3.63, 3.8) is 0 Å². The van der Waals surface area contributed by atoms with Gasteiger partial charge in [0.15, 0.2) is 0 Å². The summed E-state index contributed by atoms with van der Waals surface area (Å²) in [6, 6.07) is 8.06. The molecule has 1 fully saturated rings. The zero-order valence-electron chi connectivity index (χ0n) is 10.6. The van der Waals surface area contributed by atoms with E-state index in [-0.39, 0.29) is 5.91 Å². The van der Waals surface area contributed by atoms with Crippen LogP contribution in [-0.2, 0) is 11.2 Å². The molecule has 0 radical (unpaired) electrons. The highest BCUT2D eigenvalue weighted by Crippen LogP contribution is 2.27. The molecule has 3 nitrogen and oxygen atoms in total. The summed E-state index contributed by atoms with van der Waals surface area (Å²) in [4.78, 5) is 14.1. The molecule has 1 aromatic rings. The lowest BCUT2D eigenvalue weighted by atomic mass is 10.1. The molecule has 0 N–H and O–H groups in total. The van der Waals surface area contributed by atoms with Gasteiger partial charge in [-0.1, -0.05) is 12.1 Å². The van der Waals surface area contributed by atoms with E-state index in [1.165, 1.54) is 0 Å². The van der Waals surface area contributed by atoms with Gasteiger partial charge >= 0.3 is 0 Å². The summed E-state index contributed by atoms with van der Waals surface area (Å²) < 4.78 is 5.16. The molecule has 0 spiro atoms. The largest absolute Gasteiger partial charge is 0.497 e. The third kappa shape index (κ3) is 3.39. The highest BCUT2D eigenvalue weighted by atomic mass is 35.5. The number of nitrogens with zero attached hydrogens (tertiary/aromatic N) is 1. The van der Waals surface area contributed by atoms with Crippen molar-refractivity contribution in [2.24, 2.45) is 0 Å². The summed E-state index contributed by atoms with van der Waals surface area (Å²) in [6.07, 6.45) is 2.64. The minimum absolute atomic E-state index is 0.159. The van der Waals surface area contributed by atoms with E-state index in [2.05, 4.69) is 0 Å². The van der Waals surface area contributed by atoms with Crippen LogP contribution in [0.5, 0.6) is 5.75 Å². The number of carbonyl (C=O) groups excluding carboxylic acids is 1. The molecule has 0 heterocycles. The van der Waals surface area contributed by atoms with E-state index in [0.29, 0.717) is 24.9 Å². The topological polar surface area (TPSA) is 29.5 Å². The number of carbonyl (C=O) groups is 1. The summed E-state index contributed by atoms with van der Waals surface area (Å²) in [5, 5.41) is 0. The first-order valence-electron chi connectivity index (χ1n) is 6.23. The number of rotatable bonds is 6. The number of halogens is 1. The molecule has 98 valence electrons. The second-order valence-electron chi connectivity index (χ2n) is 4.54. The first kappa shape index (κ1) is 13.2. The number of amides is 1. The van der Waals surface area contributed by atoms with Crippen molar-refractivity contribution in [2.75, 3.05) is 19.5 Å². The summed E-state index contributed by atoms with van der Waals surface area (Å²) in [5.74, 6) is 1.45. The predicted molar refractivity (Wildman–Crippen MR) is 72.2 cm³/mol. The molecule has 2 rings (SSSR count). The molecular formula is C14H18ClNO2. The van der Waals surface area contributed by atoms with Crippen molar-refractivity contribution in [1.82, 2.24) is 4.90 Å². The first-order valence-corrected chi connectivity index (χ1v) is 6.76. The zero-order chi connectivity index (χ0) is 13.0.